The van der Waals surface area contributed by atoms with Crippen LogP contribution in [0.1, 0.15) is 55.2 Å². The number of likely N-dealkylation sites (tertiary alicyclic amines) is 1. The lowest BCUT2D eigenvalue weighted by atomic mass is 10.0. The van der Waals surface area contributed by atoms with Crippen LogP contribution in [0.25, 0.3) is 0 Å². The molecule has 0 N–H and O–H groups in total. The van der Waals surface area contributed by atoms with Gasteiger partial charge >= 0.3 is 0 Å². The molecule has 0 atom stereocenters. The van der Waals surface area contributed by atoms with Crippen LogP contribution in [-0.2, 0) is 13.1 Å². The molecule has 1 aromatic carbocycles. The maximum Gasteiger partial charge on any atom is 0.124 e. The fraction of sp³-hybridized carbons (Fsp3) is 0.500. The van der Waals surface area contributed by atoms with Crippen LogP contribution in [0.4, 0.5) is 0 Å². The Labute approximate surface area is 179 Å². The maximum absolute atomic E-state index is 6.05. The van der Waals surface area contributed by atoms with Crippen LogP contribution in [0.5, 0.6) is 5.75 Å². The van der Waals surface area contributed by atoms with Gasteiger partial charge in [0.05, 0.1) is 24.4 Å². The van der Waals surface area contributed by atoms with Crippen LogP contribution in [0.2, 0.25) is 0 Å². The van der Waals surface area contributed by atoms with Gasteiger partial charge in [0, 0.05) is 43.3 Å². The molecule has 160 valence electrons. The molecular formula is C24H33N5O. The van der Waals surface area contributed by atoms with Crippen molar-refractivity contribution in [1.29, 1.82) is 0 Å². The first-order valence-corrected chi connectivity index (χ1v) is 11.0. The summed E-state index contributed by atoms with van der Waals surface area (Å²) in [6.07, 6.45) is 6.27. The van der Waals surface area contributed by atoms with Crippen LogP contribution in [0.3, 0.4) is 0 Å². The molecule has 30 heavy (non-hydrogen) atoms. The number of nitrogens with zero attached hydrogens (tertiary/aromatic N) is 5. The zero-order chi connectivity index (χ0) is 21.1. The van der Waals surface area contributed by atoms with Crippen molar-refractivity contribution in [2.24, 2.45) is 0 Å². The van der Waals surface area contributed by atoms with Crippen molar-refractivity contribution >= 4 is 0 Å². The van der Waals surface area contributed by atoms with E-state index in [-0.39, 0.29) is 6.10 Å². The largest absolute Gasteiger partial charge is 0.491 e. The standard InChI is InChI=1S/C24H33N5O/c1-18(2)30-24-7-6-21(15-22(24)17-28-11-5-10-25-28)16-27-12-8-23(9-13-27)29-20(4)14-19(3)26-29/h5-7,10-11,14-15,18,23H,8-9,12-13,16-17H2,1-4H3. The zero-order valence-electron chi connectivity index (χ0n) is 18.6. The van der Waals surface area contributed by atoms with Gasteiger partial charge in [-0.1, -0.05) is 6.07 Å². The van der Waals surface area contributed by atoms with Crippen molar-refractivity contribution in [2.45, 2.75) is 65.8 Å². The van der Waals surface area contributed by atoms with Crippen LogP contribution in [-0.4, -0.2) is 43.7 Å². The minimum absolute atomic E-state index is 0.153. The summed E-state index contributed by atoms with van der Waals surface area (Å²) in [5.74, 6) is 0.951. The molecule has 0 spiro atoms. The Morgan fingerprint density at radius 2 is 1.90 bits per heavy atom. The highest BCUT2D eigenvalue weighted by atomic mass is 16.5. The minimum Gasteiger partial charge on any atom is -0.491 e. The molecule has 6 nitrogen and oxygen atoms in total. The monoisotopic (exact) mass is 407 g/mol. The average molecular weight is 408 g/mol. The van der Waals surface area contributed by atoms with E-state index in [1.54, 1.807) is 0 Å². The molecule has 1 aliphatic heterocycles. The highest BCUT2D eigenvalue weighted by Gasteiger charge is 2.22. The molecule has 1 saturated heterocycles. The lowest BCUT2D eigenvalue weighted by Crippen LogP contribution is -2.34. The second kappa shape index (κ2) is 9.04. The second-order valence-electron chi connectivity index (χ2n) is 8.69. The highest BCUT2D eigenvalue weighted by Crippen LogP contribution is 2.27. The van der Waals surface area contributed by atoms with Gasteiger partial charge in [-0.3, -0.25) is 14.3 Å². The Kier molecular flexibility index (Phi) is 6.23. The first-order valence-electron chi connectivity index (χ1n) is 11.0. The first-order chi connectivity index (χ1) is 14.5. The van der Waals surface area contributed by atoms with E-state index in [1.165, 1.54) is 16.8 Å². The fourth-order valence-corrected chi connectivity index (χ4v) is 4.39. The van der Waals surface area contributed by atoms with Crippen LogP contribution in [0, 0.1) is 13.8 Å². The van der Waals surface area contributed by atoms with Crippen LogP contribution < -0.4 is 4.74 Å². The minimum atomic E-state index is 0.153. The molecule has 1 aliphatic rings. The van der Waals surface area contributed by atoms with Crippen molar-refractivity contribution in [2.75, 3.05) is 13.1 Å². The number of hydrogen-bond donors (Lipinski definition) is 0. The molecule has 2 aromatic heterocycles. The zero-order valence-corrected chi connectivity index (χ0v) is 18.6. The van der Waals surface area contributed by atoms with Crippen LogP contribution in [0.15, 0.2) is 42.7 Å². The molecule has 1 fully saturated rings. The smallest absolute Gasteiger partial charge is 0.124 e. The van der Waals surface area contributed by atoms with E-state index >= 15 is 0 Å². The van der Waals surface area contributed by atoms with Crippen LogP contribution >= 0.6 is 0 Å². The number of aromatic nitrogens is 4. The maximum atomic E-state index is 6.05. The molecule has 4 rings (SSSR count). The predicted molar refractivity (Wildman–Crippen MR) is 119 cm³/mol. The molecule has 0 bridgehead atoms. The van der Waals surface area contributed by atoms with E-state index in [4.69, 9.17) is 9.84 Å². The summed E-state index contributed by atoms with van der Waals surface area (Å²) in [5.41, 5.74) is 4.90. The van der Waals surface area contributed by atoms with E-state index < -0.39 is 0 Å². The van der Waals surface area contributed by atoms with Gasteiger partial charge in [-0.25, -0.2) is 0 Å². The van der Waals surface area contributed by atoms with Crippen molar-refractivity contribution in [3.05, 3.63) is 65.2 Å². The summed E-state index contributed by atoms with van der Waals surface area (Å²) in [6, 6.07) is 11.3. The molecule has 0 saturated carbocycles. The summed E-state index contributed by atoms with van der Waals surface area (Å²) < 4.78 is 10.2. The quantitative estimate of drug-likeness (QED) is 0.584. The third kappa shape index (κ3) is 4.93. The Morgan fingerprint density at radius 3 is 2.53 bits per heavy atom. The normalized spacial score (nSPS) is 15.8. The summed E-state index contributed by atoms with van der Waals surface area (Å²) in [4.78, 5) is 2.55. The summed E-state index contributed by atoms with van der Waals surface area (Å²) >= 11 is 0. The van der Waals surface area contributed by atoms with Gasteiger partial charge in [-0.2, -0.15) is 10.2 Å². The summed E-state index contributed by atoms with van der Waals surface area (Å²) in [6.45, 7) is 12.3. The second-order valence-corrected chi connectivity index (χ2v) is 8.69. The van der Waals surface area contributed by atoms with E-state index in [1.807, 2.05) is 23.1 Å². The topological polar surface area (TPSA) is 48.1 Å². The first kappa shape index (κ1) is 20.7. The Bertz CT molecular complexity index is 952. The molecule has 0 amide bonds. The van der Waals surface area contributed by atoms with Gasteiger partial charge < -0.3 is 4.74 Å². The molecule has 6 heteroatoms. The third-order valence-electron chi connectivity index (χ3n) is 5.73. The van der Waals surface area contributed by atoms with Crippen molar-refractivity contribution in [3.8, 4) is 5.75 Å². The van der Waals surface area contributed by atoms with Gasteiger partial charge in [0.15, 0.2) is 0 Å². The van der Waals surface area contributed by atoms with Gasteiger partial charge in [0.1, 0.15) is 5.75 Å². The SMILES string of the molecule is Cc1cc(C)n(C2CCN(Cc3ccc(OC(C)C)c(Cn4cccn4)c3)CC2)n1. The predicted octanol–water partition coefficient (Wildman–Crippen LogP) is 4.37. The number of rotatable bonds is 7. The summed E-state index contributed by atoms with van der Waals surface area (Å²) in [5, 5.41) is 9.06. The molecular weight excluding hydrogens is 374 g/mol. The Hall–Kier alpha value is -2.60. The van der Waals surface area contributed by atoms with E-state index in [2.05, 4.69) is 66.6 Å². The van der Waals surface area contributed by atoms with Gasteiger partial charge in [0.2, 0.25) is 0 Å². The lowest BCUT2D eigenvalue weighted by molar-refractivity contribution is 0.172. The van der Waals surface area contributed by atoms with Gasteiger partial charge in [0.25, 0.3) is 0 Å². The van der Waals surface area contributed by atoms with Crippen molar-refractivity contribution in [1.82, 2.24) is 24.5 Å². The fourth-order valence-electron chi connectivity index (χ4n) is 4.39. The highest BCUT2D eigenvalue weighted by molar-refractivity contribution is 5.37. The number of hydrogen-bond acceptors (Lipinski definition) is 4. The molecule has 0 radical (unpaired) electrons. The number of aryl methyl sites for hydroxylation is 2. The lowest BCUT2D eigenvalue weighted by Gasteiger charge is -2.32. The molecule has 3 heterocycles. The summed E-state index contributed by atoms with van der Waals surface area (Å²) in [7, 11) is 0. The Balaban J connectivity index is 1.42. The number of benzene rings is 1. The number of ether oxygens (including phenoxy) is 1. The van der Waals surface area contributed by atoms with Gasteiger partial charge in [-0.05, 0) is 70.4 Å². The van der Waals surface area contributed by atoms with E-state index in [9.17, 15) is 0 Å². The van der Waals surface area contributed by atoms with E-state index in [0.29, 0.717) is 6.04 Å². The van der Waals surface area contributed by atoms with E-state index in [0.717, 1.165) is 50.5 Å². The molecule has 0 aliphatic carbocycles. The third-order valence-corrected chi connectivity index (χ3v) is 5.73. The Morgan fingerprint density at radius 1 is 1.10 bits per heavy atom. The average Bonchev–Trinajstić information content (AvgIpc) is 3.33. The van der Waals surface area contributed by atoms with Crippen molar-refractivity contribution in [3.63, 3.8) is 0 Å². The molecule has 3 aromatic rings. The number of piperidine rings is 1. The van der Waals surface area contributed by atoms with Crippen molar-refractivity contribution < 1.29 is 4.74 Å². The van der Waals surface area contributed by atoms with Gasteiger partial charge in [-0.15, -0.1) is 0 Å². The molecule has 0 unspecified atom stereocenters.